The quantitative estimate of drug-likeness (QED) is 0.449. The molecule has 0 saturated carbocycles. The molecule has 0 radical (unpaired) electrons. The fourth-order valence-electron chi connectivity index (χ4n) is 1.13. The summed E-state index contributed by atoms with van der Waals surface area (Å²) in [5.74, 6) is 0.195. The number of aliphatic hydroxyl groups is 4. The summed E-state index contributed by atoms with van der Waals surface area (Å²) in [6, 6.07) is 2.84. The van der Waals surface area contributed by atoms with E-state index in [4.69, 9.17) is 24.1 Å². The molecule has 1 heterocycles. The molecule has 0 aliphatic rings. The normalized spacial score (nSPS) is 14.8. The topological polar surface area (TPSA) is 113 Å². The van der Waals surface area contributed by atoms with Gasteiger partial charge in [0.25, 0.3) is 0 Å². The summed E-state index contributed by atoms with van der Waals surface area (Å²) in [5.41, 5.74) is 0. The van der Waals surface area contributed by atoms with Gasteiger partial charge >= 0.3 is 0 Å². The van der Waals surface area contributed by atoms with Gasteiger partial charge in [-0.3, -0.25) is 0 Å². The Morgan fingerprint density at radius 1 is 0.941 bits per heavy atom. The van der Waals surface area contributed by atoms with E-state index in [9.17, 15) is 10.2 Å². The van der Waals surface area contributed by atoms with Gasteiger partial charge in [0.15, 0.2) is 11.5 Å². The Morgan fingerprint density at radius 3 is 1.71 bits per heavy atom. The van der Waals surface area contributed by atoms with Gasteiger partial charge in [-0.1, -0.05) is 0 Å². The molecule has 4 N–H and O–H groups in total. The van der Waals surface area contributed by atoms with Crippen LogP contribution in [0.15, 0.2) is 16.5 Å². The highest BCUT2D eigenvalue weighted by molar-refractivity contribution is 5.08. The number of hydrogen-bond donors (Lipinski definition) is 4. The summed E-state index contributed by atoms with van der Waals surface area (Å²) in [4.78, 5) is 0. The van der Waals surface area contributed by atoms with Crippen LogP contribution in [0.2, 0.25) is 0 Å². The van der Waals surface area contributed by atoms with Gasteiger partial charge in [-0.15, -0.1) is 0 Å². The first-order valence-electron chi connectivity index (χ1n) is 5.09. The molecule has 1 aromatic rings. The minimum atomic E-state index is -1.30. The highest BCUT2D eigenvalue weighted by Gasteiger charge is 2.17. The second kappa shape index (κ2) is 7.38. The standard InChI is InChI=1S/C10H16O7/c11-3-5-15-9(13)7-1-2-8(17-7)10(14)16-6-4-12/h1-2,9-14H,3-6H2. The van der Waals surface area contributed by atoms with Crippen molar-refractivity contribution in [2.75, 3.05) is 26.4 Å². The molecule has 0 aromatic carbocycles. The van der Waals surface area contributed by atoms with Crippen LogP contribution in [0.5, 0.6) is 0 Å². The van der Waals surface area contributed by atoms with Crippen LogP contribution in [-0.2, 0) is 9.47 Å². The van der Waals surface area contributed by atoms with Crippen LogP contribution < -0.4 is 0 Å². The van der Waals surface area contributed by atoms with E-state index >= 15 is 0 Å². The predicted octanol–water partition coefficient (Wildman–Crippen LogP) is -0.721. The molecule has 0 aliphatic heterocycles. The zero-order chi connectivity index (χ0) is 12.7. The van der Waals surface area contributed by atoms with Crippen LogP contribution in [0.1, 0.15) is 24.1 Å². The van der Waals surface area contributed by atoms with Crippen molar-refractivity contribution < 1.29 is 34.3 Å². The van der Waals surface area contributed by atoms with Gasteiger partial charge in [0.05, 0.1) is 26.4 Å². The molecule has 98 valence electrons. The highest BCUT2D eigenvalue weighted by atomic mass is 16.6. The average Bonchev–Trinajstić information content (AvgIpc) is 2.82. The monoisotopic (exact) mass is 248 g/mol. The molecule has 0 amide bonds. The van der Waals surface area contributed by atoms with Gasteiger partial charge in [0, 0.05) is 0 Å². The Balaban J connectivity index is 2.51. The fraction of sp³-hybridized carbons (Fsp3) is 0.600. The third-order valence-corrected chi connectivity index (χ3v) is 1.87. The fourth-order valence-corrected chi connectivity index (χ4v) is 1.13. The highest BCUT2D eigenvalue weighted by Crippen LogP contribution is 2.22. The van der Waals surface area contributed by atoms with E-state index in [0.717, 1.165) is 0 Å². The lowest BCUT2D eigenvalue weighted by Gasteiger charge is -2.09. The van der Waals surface area contributed by atoms with Crippen molar-refractivity contribution in [2.24, 2.45) is 0 Å². The number of aliphatic hydroxyl groups excluding tert-OH is 4. The molecule has 0 spiro atoms. The number of rotatable bonds is 8. The number of ether oxygens (including phenoxy) is 2. The van der Waals surface area contributed by atoms with E-state index in [2.05, 4.69) is 0 Å². The summed E-state index contributed by atoms with van der Waals surface area (Å²) < 4.78 is 14.7. The van der Waals surface area contributed by atoms with E-state index in [1.807, 2.05) is 0 Å². The minimum Gasteiger partial charge on any atom is -0.455 e. The molecule has 1 rings (SSSR count). The van der Waals surface area contributed by atoms with Crippen LogP contribution in [0.4, 0.5) is 0 Å². The maximum atomic E-state index is 9.43. The largest absolute Gasteiger partial charge is 0.455 e. The van der Waals surface area contributed by atoms with E-state index < -0.39 is 12.6 Å². The zero-order valence-corrected chi connectivity index (χ0v) is 9.15. The van der Waals surface area contributed by atoms with E-state index in [0.29, 0.717) is 0 Å². The first-order valence-corrected chi connectivity index (χ1v) is 5.09. The zero-order valence-electron chi connectivity index (χ0n) is 9.15. The lowest BCUT2D eigenvalue weighted by atomic mass is 10.4. The van der Waals surface area contributed by atoms with Crippen molar-refractivity contribution >= 4 is 0 Å². The molecule has 2 atom stereocenters. The molecule has 7 heteroatoms. The molecular weight excluding hydrogens is 232 g/mol. The van der Waals surface area contributed by atoms with Crippen molar-refractivity contribution in [3.8, 4) is 0 Å². The van der Waals surface area contributed by atoms with Crippen molar-refractivity contribution in [1.29, 1.82) is 0 Å². The Morgan fingerprint density at radius 2 is 1.35 bits per heavy atom. The van der Waals surface area contributed by atoms with Crippen LogP contribution in [0.25, 0.3) is 0 Å². The van der Waals surface area contributed by atoms with E-state index in [-0.39, 0.29) is 37.9 Å². The van der Waals surface area contributed by atoms with Crippen molar-refractivity contribution in [3.05, 3.63) is 23.7 Å². The maximum Gasteiger partial charge on any atom is 0.214 e. The second-order valence-corrected chi connectivity index (χ2v) is 3.13. The smallest absolute Gasteiger partial charge is 0.214 e. The van der Waals surface area contributed by atoms with Crippen LogP contribution in [0, 0.1) is 0 Å². The minimum absolute atomic E-state index is 0.0270. The Kier molecular flexibility index (Phi) is 6.12. The first-order chi connectivity index (χ1) is 8.19. The predicted molar refractivity (Wildman–Crippen MR) is 54.7 cm³/mol. The van der Waals surface area contributed by atoms with Crippen LogP contribution in [-0.4, -0.2) is 46.9 Å². The lowest BCUT2D eigenvalue weighted by Crippen LogP contribution is -2.07. The van der Waals surface area contributed by atoms with Crippen LogP contribution >= 0.6 is 0 Å². The van der Waals surface area contributed by atoms with Crippen molar-refractivity contribution in [3.63, 3.8) is 0 Å². The first kappa shape index (κ1) is 14.1. The Bertz CT molecular complexity index is 283. The van der Waals surface area contributed by atoms with E-state index in [1.165, 1.54) is 12.1 Å². The molecule has 7 nitrogen and oxygen atoms in total. The van der Waals surface area contributed by atoms with Gasteiger partial charge in [-0.05, 0) is 12.1 Å². The van der Waals surface area contributed by atoms with Gasteiger partial charge in [-0.2, -0.15) is 0 Å². The molecular formula is C10H16O7. The molecule has 0 aliphatic carbocycles. The molecule has 0 fully saturated rings. The van der Waals surface area contributed by atoms with Crippen LogP contribution in [0.3, 0.4) is 0 Å². The molecule has 0 saturated heterocycles. The summed E-state index contributed by atoms with van der Waals surface area (Å²) in [5, 5.41) is 35.9. The molecule has 0 bridgehead atoms. The third-order valence-electron chi connectivity index (χ3n) is 1.87. The number of furan rings is 1. The second-order valence-electron chi connectivity index (χ2n) is 3.13. The Hall–Kier alpha value is -0.960. The summed E-state index contributed by atoms with van der Waals surface area (Å²) >= 11 is 0. The van der Waals surface area contributed by atoms with E-state index in [1.54, 1.807) is 0 Å². The molecule has 17 heavy (non-hydrogen) atoms. The summed E-state index contributed by atoms with van der Waals surface area (Å²) in [6.45, 7) is -0.485. The summed E-state index contributed by atoms with van der Waals surface area (Å²) in [7, 11) is 0. The van der Waals surface area contributed by atoms with Gasteiger partial charge in [0.1, 0.15) is 0 Å². The third kappa shape index (κ3) is 4.43. The van der Waals surface area contributed by atoms with Crippen molar-refractivity contribution in [2.45, 2.75) is 12.6 Å². The Labute approximate surface area is 97.8 Å². The average molecular weight is 248 g/mol. The number of hydrogen-bond acceptors (Lipinski definition) is 7. The van der Waals surface area contributed by atoms with Gasteiger partial charge < -0.3 is 34.3 Å². The summed E-state index contributed by atoms with van der Waals surface area (Å²) in [6.07, 6.45) is -2.61. The maximum absolute atomic E-state index is 9.43. The molecule has 2 unspecified atom stereocenters. The van der Waals surface area contributed by atoms with Gasteiger partial charge in [0.2, 0.25) is 12.6 Å². The lowest BCUT2D eigenvalue weighted by molar-refractivity contribution is -0.135. The molecule has 1 aromatic heterocycles. The SMILES string of the molecule is OCCOC(O)c1ccc(C(O)OCCO)o1. The van der Waals surface area contributed by atoms with Crippen molar-refractivity contribution in [1.82, 2.24) is 0 Å². The van der Waals surface area contributed by atoms with Gasteiger partial charge in [-0.25, -0.2) is 0 Å².